The van der Waals surface area contributed by atoms with Crippen molar-refractivity contribution in [2.75, 3.05) is 19.8 Å². The topological polar surface area (TPSA) is 101 Å². The predicted octanol–water partition coefficient (Wildman–Crippen LogP) is 1.90. The van der Waals surface area contributed by atoms with E-state index in [1.54, 1.807) is 6.92 Å². The summed E-state index contributed by atoms with van der Waals surface area (Å²) >= 11 is 0. The van der Waals surface area contributed by atoms with Crippen molar-refractivity contribution in [3.63, 3.8) is 0 Å². The zero-order chi connectivity index (χ0) is 18.0. The van der Waals surface area contributed by atoms with Crippen molar-refractivity contribution in [2.45, 2.75) is 60.3 Å². The summed E-state index contributed by atoms with van der Waals surface area (Å²) in [5, 5.41) is 16.1. The van der Waals surface area contributed by atoms with E-state index in [0.717, 1.165) is 25.7 Å². The Hall–Kier alpha value is -0.556. The number of Topliss-reactive ketones (excluding diaryl/α,β-unsaturated/α-hetero) is 2. The van der Waals surface area contributed by atoms with Gasteiger partial charge in [0.25, 0.3) is 0 Å². The van der Waals surface area contributed by atoms with Gasteiger partial charge >= 0.3 is 5.97 Å². The zero-order valence-electron chi connectivity index (χ0n) is 15.1. The molecule has 0 aliphatic heterocycles. The van der Waals surface area contributed by atoms with E-state index in [9.17, 15) is 14.4 Å². The number of rotatable bonds is 8. The molecule has 0 aromatic heterocycles. The first-order chi connectivity index (χ1) is 10.3. The van der Waals surface area contributed by atoms with Gasteiger partial charge in [-0.3, -0.25) is 14.4 Å². The molecule has 6 nitrogen and oxygen atoms in total. The fourth-order valence-electron chi connectivity index (χ4n) is 1.16. The molecule has 0 aromatic rings. The Morgan fingerprint density at radius 1 is 0.870 bits per heavy atom. The van der Waals surface area contributed by atoms with Crippen LogP contribution in [0.4, 0.5) is 0 Å². The number of aliphatic hydroxyl groups excluding tert-OH is 2. The van der Waals surface area contributed by atoms with Gasteiger partial charge in [-0.15, -0.1) is 0 Å². The van der Waals surface area contributed by atoms with Crippen LogP contribution in [0.5, 0.6) is 0 Å². The van der Waals surface area contributed by atoms with Crippen LogP contribution in [-0.4, -0.2) is 47.6 Å². The third-order valence-corrected chi connectivity index (χ3v) is 2.36. The molecular formula is C16H32O6Ti. The fraction of sp³-hybridized carbons (Fsp3) is 0.812. The Kier molecular flexibility index (Phi) is 31.3. The van der Waals surface area contributed by atoms with Gasteiger partial charge in [-0.25, -0.2) is 0 Å². The SMILES string of the molecule is CCCCO.CCCCO.CCOC(=O)C(C(C)=O)C(C)=O.[Ti]. The summed E-state index contributed by atoms with van der Waals surface area (Å²) in [5.74, 6) is -2.93. The molecule has 0 amide bonds. The van der Waals surface area contributed by atoms with Gasteiger partial charge in [0, 0.05) is 34.9 Å². The van der Waals surface area contributed by atoms with Crippen LogP contribution in [0.15, 0.2) is 0 Å². The third kappa shape index (κ3) is 23.8. The first-order valence-electron chi connectivity index (χ1n) is 7.72. The number of carbonyl (C=O) groups excluding carboxylic acids is 3. The Labute approximate surface area is 154 Å². The zero-order valence-corrected chi connectivity index (χ0v) is 16.6. The molecule has 2 N–H and O–H groups in total. The second kappa shape index (κ2) is 23.7. The Bertz CT molecular complexity index is 270. The minimum absolute atomic E-state index is 0. The largest absolute Gasteiger partial charge is 0.465 e. The van der Waals surface area contributed by atoms with Crippen molar-refractivity contribution in [3.8, 4) is 0 Å². The normalized spacial score (nSPS) is 8.70. The molecule has 0 fully saturated rings. The number of esters is 1. The van der Waals surface area contributed by atoms with E-state index in [2.05, 4.69) is 18.6 Å². The van der Waals surface area contributed by atoms with Crippen LogP contribution in [0.2, 0.25) is 0 Å². The molecule has 0 saturated carbocycles. The van der Waals surface area contributed by atoms with E-state index < -0.39 is 23.5 Å². The minimum Gasteiger partial charge on any atom is -0.465 e. The average molecular weight is 368 g/mol. The second-order valence-corrected chi connectivity index (χ2v) is 4.56. The van der Waals surface area contributed by atoms with Gasteiger partial charge in [0.2, 0.25) is 0 Å². The van der Waals surface area contributed by atoms with E-state index in [1.165, 1.54) is 13.8 Å². The summed E-state index contributed by atoms with van der Waals surface area (Å²) in [4.78, 5) is 32.5. The summed E-state index contributed by atoms with van der Waals surface area (Å²) in [7, 11) is 0. The van der Waals surface area contributed by atoms with E-state index in [0.29, 0.717) is 13.2 Å². The van der Waals surface area contributed by atoms with Gasteiger partial charge in [0.1, 0.15) is 0 Å². The van der Waals surface area contributed by atoms with Crippen LogP contribution in [0.1, 0.15) is 60.3 Å². The molecule has 0 unspecified atom stereocenters. The fourth-order valence-corrected chi connectivity index (χ4v) is 1.16. The molecule has 0 atom stereocenters. The molecule has 7 heteroatoms. The number of hydrogen-bond acceptors (Lipinski definition) is 6. The molecule has 0 aliphatic carbocycles. The third-order valence-electron chi connectivity index (χ3n) is 2.36. The molecule has 0 aromatic carbocycles. The molecule has 0 saturated heterocycles. The molecule has 0 bridgehead atoms. The smallest absolute Gasteiger partial charge is 0.324 e. The van der Waals surface area contributed by atoms with Crippen molar-refractivity contribution in [1.29, 1.82) is 0 Å². The number of ether oxygens (including phenoxy) is 1. The van der Waals surface area contributed by atoms with Crippen molar-refractivity contribution < 1.29 is 51.1 Å². The van der Waals surface area contributed by atoms with Gasteiger partial charge in [-0.05, 0) is 33.6 Å². The van der Waals surface area contributed by atoms with Crippen LogP contribution in [0.25, 0.3) is 0 Å². The van der Waals surface area contributed by atoms with Crippen molar-refractivity contribution in [2.24, 2.45) is 5.92 Å². The van der Waals surface area contributed by atoms with Gasteiger partial charge in [0.05, 0.1) is 6.61 Å². The maximum atomic E-state index is 11.0. The Morgan fingerprint density at radius 3 is 1.35 bits per heavy atom. The van der Waals surface area contributed by atoms with Crippen molar-refractivity contribution in [1.82, 2.24) is 0 Å². The maximum absolute atomic E-state index is 11.0. The summed E-state index contributed by atoms with van der Waals surface area (Å²) in [5.41, 5.74) is 0. The molecular weight excluding hydrogens is 336 g/mol. The van der Waals surface area contributed by atoms with Gasteiger partial charge < -0.3 is 14.9 Å². The monoisotopic (exact) mass is 368 g/mol. The molecule has 0 spiro atoms. The van der Waals surface area contributed by atoms with E-state index >= 15 is 0 Å². The molecule has 0 rings (SSSR count). The number of unbranched alkanes of at least 4 members (excludes halogenated alkanes) is 2. The first-order valence-corrected chi connectivity index (χ1v) is 7.72. The standard InChI is InChI=1S/C8H12O4.2C4H10O.Ti/c1-4-12-8(11)7(5(2)9)6(3)10;2*1-2-3-4-5;/h7H,4H2,1-3H3;2*5H,2-4H2,1H3;. The Morgan fingerprint density at radius 2 is 1.22 bits per heavy atom. The van der Waals surface area contributed by atoms with E-state index in [-0.39, 0.29) is 28.3 Å². The van der Waals surface area contributed by atoms with Gasteiger partial charge in [-0.2, -0.15) is 0 Å². The first kappa shape index (κ1) is 30.3. The molecule has 0 aliphatic rings. The average Bonchev–Trinajstić information content (AvgIpc) is 2.41. The summed E-state index contributed by atoms with van der Waals surface area (Å²) in [6.45, 7) is 8.98. The van der Waals surface area contributed by atoms with Crippen molar-refractivity contribution >= 4 is 17.5 Å². The summed E-state index contributed by atoms with van der Waals surface area (Å²) in [6.07, 6.45) is 4.08. The van der Waals surface area contributed by atoms with E-state index in [4.69, 9.17) is 10.2 Å². The van der Waals surface area contributed by atoms with Crippen LogP contribution in [-0.2, 0) is 40.8 Å². The summed E-state index contributed by atoms with van der Waals surface area (Å²) in [6, 6.07) is 0. The Balaban J connectivity index is -0.000000137. The summed E-state index contributed by atoms with van der Waals surface area (Å²) < 4.78 is 4.55. The molecule has 136 valence electrons. The number of aliphatic hydroxyl groups is 2. The van der Waals surface area contributed by atoms with Crippen LogP contribution in [0, 0.1) is 5.92 Å². The second-order valence-electron chi connectivity index (χ2n) is 4.56. The number of carbonyl (C=O) groups is 3. The van der Waals surface area contributed by atoms with E-state index in [1.807, 2.05) is 0 Å². The molecule has 23 heavy (non-hydrogen) atoms. The van der Waals surface area contributed by atoms with Crippen LogP contribution >= 0.6 is 0 Å². The number of hydrogen-bond donors (Lipinski definition) is 2. The van der Waals surface area contributed by atoms with Crippen molar-refractivity contribution in [3.05, 3.63) is 0 Å². The molecule has 0 heterocycles. The van der Waals surface area contributed by atoms with Crippen LogP contribution < -0.4 is 0 Å². The quantitative estimate of drug-likeness (QED) is 0.386. The van der Waals surface area contributed by atoms with Gasteiger partial charge in [-0.1, -0.05) is 26.7 Å². The molecule has 0 radical (unpaired) electrons. The predicted molar refractivity (Wildman–Crippen MR) is 85.5 cm³/mol. The number of ketones is 2. The van der Waals surface area contributed by atoms with Gasteiger partial charge in [0.15, 0.2) is 17.5 Å². The minimum atomic E-state index is -1.23. The van der Waals surface area contributed by atoms with Crippen LogP contribution in [0.3, 0.4) is 0 Å². The maximum Gasteiger partial charge on any atom is 0.324 e.